The topological polar surface area (TPSA) is 83.8 Å². The normalized spacial score (nSPS) is 22.5. The first-order valence-electron chi connectivity index (χ1n) is 11.1. The van der Waals surface area contributed by atoms with Gasteiger partial charge >= 0.3 is 5.97 Å². The third-order valence-electron chi connectivity index (χ3n) is 5.89. The van der Waals surface area contributed by atoms with Gasteiger partial charge in [0.1, 0.15) is 11.6 Å². The third kappa shape index (κ3) is 7.47. The number of benzene rings is 1. The van der Waals surface area contributed by atoms with Gasteiger partial charge in [-0.3, -0.25) is 9.59 Å². The van der Waals surface area contributed by atoms with Crippen LogP contribution < -0.4 is 0 Å². The summed E-state index contributed by atoms with van der Waals surface area (Å²) in [6.07, 6.45) is 3.77. The second kappa shape index (κ2) is 12.2. The summed E-state index contributed by atoms with van der Waals surface area (Å²) >= 11 is 0. The average Bonchev–Trinajstić information content (AvgIpc) is 2.95. The quantitative estimate of drug-likeness (QED) is 0.383. The van der Waals surface area contributed by atoms with Gasteiger partial charge in [0.2, 0.25) is 0 Å². The molecule has 2 rings (SSSR count). The number of unbranched alkanes of at least 4 members (excludes halogenated alkanes) is 3. The molecule has 6 heteroatoms. The SMILES string of the molecule is CC(C)OC(=O)CCCCCC[C@H]1C(=O)C[C@@H](O)[C@@H]1CCC(O)c1ccccc1F. The highest BCUT2D eigenvalue weighted by molar-refractivity contribution is 5.84. The summed E-state index contributed by atoms with van der Waals surface area (Å²) in [5, 5.41) is 20.6. The van der Waals surface area contributed by atoms with Crippen molar-refractivity contribution >= 4 is 11.8 Å². The highest BCUT2D eigenvalue weighted by Gasteiger charge is 2.40. The van der Waals surface area contributed by atoms with E-state index in [9.17, 15) is 24.2 Å². The molecule has 0 saturated heterocycles. The minimum atomic E-state index is -0.944. The van der Waals surface area contributed by atoms with Crippen molar-refractivity contribution in [3.8, 4) is 0 Å². The van der Waals surface area contributed by atoms with Gasteiger partial charge < -0.3 is 14.9 Å². The summed E-state index contributed by atoms with van der Waals surface area (Å²) < 4.78 is 19.0. The first-order valence-corrected chi connectivity index (χ1v) is 11.1. The molecule has 5 nitrogen and oxygen atoms in total. The van der Waals surface area contributed by atoms with Crippen LogP contribution in [0.4, 0.5) is 4.39 Å². The molecule has 1 unspecified atom stereocenters. The van der Waals surface area contributed by atoms with Crippen LogP contribution in [0, 0.1) is 17.7 Å². The molecule has 168 valence electrons. The second-order valence-corrected chi connectivity index (χ2v) is 8.61. The molecular weight excluding hydrogens is 387 g/mol. The van der Waals surface area contributed by atoms with E-state index in [0.29, 0.717) is 25.7 Å². The largest absolute Gasteiger partial charge is 0.463 e. The maximum absolute atomic E-state index is 13.8. The van der Waals surface area contributed by atoms with Crippen LogP contribution in [-0.4, -0.2) is 34.2 Å². The van der Waals surface area contributed by atoms with E-state index in [2.05, 4.69) is 0 Å². The van der Waals surface area contributed by atoms with Crippen molar-refractivity contribution in [1.29, 1.82) is 0 Å². The van der Waals surface area contributed by atoms with Gasteiger partial charge in [-0.25, -0.2) is 4.39 Å². The number of hydrogen-bond donors (Lipinski definition) is 2. The number of hydrogen-bond acceptors (Lipinski definition) is 5. The third-order valence-corrected chi connectivity index (χ3v) is 5.89. The molecule has 1 aliphatic rings. The van der Waals surface area contributed by atoms with Crippen molar-refractivity contribution in [1.82, 2.24) is 0 Å². The summed E-state index contributed by atoms with van der Waals surface area (Å²) in [7, 11) is 0. The van der Waals surface area contributed by atoms with E-state index < -0.39 is 18.0 Å². The van der Waals surface area contributed by atoms with Crippen molar-refractivity contribution in [2.45, 2.75) is 89.9 Å². The number of aliphatic hydroxyl groups is 2. The Morgan fingerprint density at radius 2 is 1.87 bits per heavy atom. The van der Waals surface area contributed by atoms with E-state index in [1.807, 2.05) is 13.8 Å². The zero-order chi connectivity index (χ0) is 22.1. The van der Waals surface area contributed by atoms with Crippen LogP contribution in [0.1, 0.15) is 83.3 Å². The van der Waals surface area contributed by atoms with Gasteiger partial charge in [0.05, 0.1) is 18.3 Å². The predicted molar refractivity (Wildman–Crippen MR) is 112 cm³/mol. The number of Topliss-reactive ketones (excluding diaryl/α,β-unsaturated/α-hetero) is 1. The number of esters is 1. The predicted octanol–water partition coefficient (Wildman–Crippen LogP) is 4.50. The van der Waals surface area contributed by atoms with Gasteiger partial charge in [0, 0.05) is 24.3 Å². The first kappa shape index (κ1) is 24.5. The first-order chi connectivity index (χ1) is 14.3. The van der Waals surface area contributed by atoms with Crippen molar-refractivity contribution in [3.05, 3.63) is 35.6 Å². The summed E-state index contributed by atoms with van der Waals surface area (Å²) in [6, 6.07) is 6.14. The summed E-state index contributed by atoms with van der Waals surface area (Å²) in [4.78, 5) is 23.9. The van der Waals surface area contributed by atoms with Crippen molar-refractivity contribution in [3.63, 3.8) is 0 Å². The van der Waals surface area contributed by atoms with E-state index in [4.69, 9.17) is 4.74 Å². The Morgan fingerprint density at radius 1 is 1.17 bits per heavy atom. The standard InChI is InChI=1S/C24H35FO5/c1-16(2)30-24(29)12-6-4-3-5-9-17-18(23(28)15-22(17)27)13-14-21(26)19-10-7-8-11-20(19)25/h7-8,10-11,16-18,21,23,26,28H,3-6,9,12-15H2,1-2H3/t17-,18-,21?,23-/m1/s1. The molecular formula is C24H35FO5. The Bertz CT molecular complexity index is 690. The molecule has 4 atom stereocenters. The van der Waals surface area contributed by atoms with Crippen LogP contribution in [0.25, 0.3) is 0 Å². The molecule has 1 fully saturated rings. The smallest absolute Gasteiger partial charge is 0.306 e. The molecule has 0 aromatic heterocycles. The molecule has 2 N–H and O–H groups in total. The lowest BCUT2D eigenvalue weighted by atomic mass is 9.84. The molecule has 1 aromatic carbocycles. The fraction of sp³-hybridized carbons (Fsp3) is 0.667. The van der Waals surface area contributed by atoms with Gasteiger partial charge in [-0.05, 0) is 51.5 Å². The number of rotatable bonds is 12. The van der Waals surface area contributed by atoms with Gasteiger partial charge in [-0.1, -0.05) is 37.5 Å². The van der Waals surface area contributed by atoms with Crippen LogP contribution >= 0.6 is 0 Å². The van der Waals surface area contributed by atoms with Gasteiger partial charge in [0.25, 0.3) is 0 Å². The van der Waals surface area contributed by atoms with E-state index in [1.165, 1.54) is 6.07 Å². The van der Waals surface area contributed by atoms with E-state index in [0.717, 1.165) is 25.7 Å². The van der Waals surface area contributed by atoms with E-state index in [1.54, 1.807) is 18.2 Å². The molecule has 0 radical (unpaired) electrons. The number of halogens is 1. The van der Waals surface area contributed by atoms with E-state index >= 15 is 0 Å². The fourth-order valence-corrected chi connectivity index (χ4v) is 4.34. The zero-order valence-corrected chi connectivity index (χ0v) is 18.1. The lowest BCUT2D eigenvalue weighted by Crippen LogP contribution is -2.21. The minimum absolute atomic E-state index is 0.0772. The average molecular weight is 423 g/mol. The number of carbonyl (C=O) groups excluding carboxylic acids is 2. The molecule has 1 saturated carbocycles. The summed E-state index contributed by atoms with van der Waals surface area (Å²) in [5.41, 5.74) is 0.254. The summed E-state index contributed by atoms with van der Waals surface area (Å²) in [6.45, 7) is 3.66. The maximum Gasteiger partial charge on any atom is 0.306 e. The Kier molecular flexibility index (Phi) is 9.92. The maximum atomic E-state index is 13.8. The van der Waals surface area contributed by atoms with Crippen LogP contribution in [0.5, 0.6) is 0 Å². The number of ether oxygens (including phenoxy) is 1. The Hall–Kier alpha value is -1.79. The van der Waals surface area contributed by atoms with Crippen LogP contribution in [-0.2, 0) is 14.3 Å². The van der Waals surface area contributed by atoms with E-state index in [-0.39, 0.29) is 41.7 Å². The molecule has 0 spiro atoms. The lowest BCUT2D eigenvalue weighted by molar-refractivity contribution is -0.147. The molecule has 30 heavy (non-hydrogen) atoms. The monoisotopic (exact) mass is 422 g/mol. The van der Waals surface area contributed by atoms with Crippen LogP contribution in [0.3, 0.4) is 0 Å². The lowest BCUT2D eigenvalue weighted by Gasteiger charge is -2.22. The van der Waals surface area contributed by atoms with Crippen LogP contribution in [0.15, 0.2) is 24.3 Å². The van der Waals surface area contributed by atoms with Crippen molar-refractivity contribution < 1.29 is 28.9 Å². The molecule has 0 amide bonds. The minimum Gasteiger partial charge on any atom is -0.463 e. The second-order valence-electron chi connectivity index (χ2n) is 8.61. The number of carbonyl (C=O) groups is 2. The molecule has 0 aliphatic heterocycles. The highest BCUT2D eigenvalue weighted by Crippen LogP contribution is 2.38. The van der Waals surface area contributed by atoms with Gasteiger partial charge in [0.15, 0.2) is 0 Å². The van der Waals surface area contributed by atoms with Gasteiger partial charge in [-0.2, -0.15) is 0 Å². The number of aliphatic hydroxyl groups excluding tert-OH is 2. The highest BCUT2D eigenvalue weighted by atomic mass is 19.1. The van der Waals surface area contributed by atoms with Crippen molar-refractivity contribution in [2.75, 3.05) is 0 Å². The fourth-order valence-electron chi connectivity index (χ4n) is 4.34. The summed E-state index contributed by atoms with van der Waals surface area (Å²) in [5.74, 6) is -0.943. The van der Waals surface area contributed by atoms with Crippen molar-refractivity contribution in [2.24, 2.45) is 11.8 Å². The zero-order valence-electron chi connectivity index (χ0n) is 18.1. The molecule has 0 bridgehead atoms. The Morgan fingerprint density at radius 3 is 2.57 bits per heavy atom. The molecule has 1 aliphatic carbocycles. The molecule has 0 heterocycles. The number of ketones is 1. The molecule has 1 aromatic rings. The Balaban J connectivity index is 1.74. The van der Waals surface area contributed by atoms with Crippen LogP contribution in [0.2, 0.25) is 0 Å². The van der Waals surface area contributed by atoms with Gasteiger partial charge in [-0.15, -0.1) is 0 Å². The Labute approximate surface area is 178 Å².